The Labute approximate surface area is 120 Å². The van der Waals surface area contributed by atoms with E-state index in [0.29, 0.717) is 12.3 Å². The van der Waals surface area contributed by atoms with Gasteiger partial charge in [-0.25, -0.2) is 0 Å². The van der Waals surface area contributed by atoms with Gasteiger partial charge in [0.25, 0.3) is 0 Å². The summed E-state index contributed by atoms with van der Waals surface area (Å²) in [5.41, 5.74) is 2.52. The number of aldehydes is 1. The number of benzene rings is 2. The Morgan fingerprint density at radius 2 is 1.75 bits per heavy atom. The summed E-state index contributed by atoms with van der Waals surface area (Å²) in [6, 6.07) is 18.4. The molecule has 0 spiro atoms. The lowest BCUT2D eigenvalue weighted by atomic mass is 9.90. The molecule has 20 heavy (non-hydrogen) atoms. The quantitative estimate of drug-likeness (QED) is 0.709. The molecule has 1 atom stereocenters. The van der Waals surface area contributed by atoms with E-state index in [1.807, 2.05) is 30.3 Å². The molecule has 2 nitrogen and oxygen atoms in total. The van der Waals surface area contributed by atoms with E-state index in [2.05, 4.69) is 24.3 Å². The third-order valence-electron chi connectivity index (χ3n) is 3.59. The molecule has 0 radical (unpaired) electrons. The van der Waals surface area contributed by atoms with Crippen LogP contribution in [-0.2, 0) is 11.2 Å². The molecule has 1 unspecified atom stereocenters. The molecule has 0 fully saturated rings. The molecule has 0 heterocycles. The molecule has 0 aliphatic carbocycles. The molecule has 0 aromatic heterocycles. The highest BCUT2D eigenvalue weighted by Gasteiger charge is 2.10. The fraction of sp³-hybridized carbons (Fsp3) is 0.278. The second kappa shape index (κ2) is 7.49. The van der Waals surface area contributed by atoms with E-state index in [0.717, 1.165) is 24.9 Å². The van der Waals surface area contributed by atoms with Gasteiger partial charge in [-0.3, -0.25) is 0 Å². The van der Waals surface area contributed by atoms with E-state index in [1.54, 1.807) is 7.11 Å². The molecule has 0 aliphatic rings. The van der Waals surface area contributed by atoms with Crippen LogP contribution >= 0.6 is 0 Å². The first-order valence-corrected chi connectivity index (χ1v) is 6.95. The predicted molar refractivity (Wildman–Crippen MR) is 81.2 cm³/mol. The summed E-state index contributed by atoms with van der Waals surface area (Å²) < 4.78 is 5.16. The SMILES string of the molecule is COc1ccc(CCC(CC=O)c2ccccc2)cc1. The fourth-order valence-corrected chi connectivity index (χ4v) is 2.40. The molecule has 0 bridgehead atoms. The van der Waals surface area contributed by atoms with Crippen molar-refractivity contribution < 1.29 is 9.53 Å². The van der Waals surface area contributed by atoms with E-state index < -0.39 is 0 Å². The maximum Gasteiger partial charge on any atom is 0.120 e. The van der Waals surface area contributed by atoms with Crippen LogP contribution in [0.2, 0.25) is 0 Å². The molecular weight excluding hydrogens is 248 g/mol. The largest absolute Gasteiger partial charge is 0.497 e. The lowest BCUT2D eigenvalue weighted by Gasteiger charge is -2.14. The van der Waals surface area contributed by atoms with Gasteiger partial charge in [0.1, 0.15) is 12.0 Å². The maximum absolute atomic E-state index is 10.9. The molecule has 2 heteroatoms. The monoisotopic (exact) mass is 268 g/mol. The predicted octanol–water partition coefficient (Wildman–Crippen LogP) is 4.00. The van der Waals surface area contributed by atoms with Gasteiger partial charge in [0, 0.05) is 6.42 Å². The van der Waals surface area contributed by atoms with Gasteiger partial charge in [-0.05, 0) is 42.0 Å². The van der Waals surface area contributed by atoms with E-state index in [9.17, 15) is 4.79 Å². The van der Waals surface area contributed by atoms with Gasteiger partial charge in [-0.2, -0.15) is 0 Å². The minimum atomic E-state index is 0.302. The lowest BCUT2D eigenvalue weighted by molar-refractivity contribution is -0.108. The van der Waals surface area contributed by atoms with Gasteiger partial charge >= 0.3 is 0 Å². The Hall–Kier alpha value is -2.09. The Balaban J connectivity index is 1.99. The van der Waals surface area contributed by atoms with Gasteiger partial charge in [-0.1, -0.05) is 42.5 Å². The zero-order valence-electron chi connectivity index (χ0n) is 11.8. The maximum atomic E-state index is 10.9. The second-order valence-corrected chi connectivity index (χ2v) is 4.90. The number of rotatable bonds is 7. The van der Waals surface area contributed by atoms with Crippen LogP contribution in [-0.4, -0.2) is 13.4 Å². The summed E-state index contributed by atoms with van der Waals surface area (Å²) in [6.45, 7) is 0. The average Bonchev–Trinajstić information content (AvgIpc) is 2.53. The Bertz CT molecular complexity index is 517. The van der Waals surface area contributed by atoms with E-state index in [1.165, 1.54) is 11.1 Å². The molecular formula is C18H20O2. The Morgan fingerprint density at radius 3 is 2.35 bits per heavy atom. The first-order chi connectivity index (χ1) is 9.83. The number of hydrogen-bond acceptors (Lipinski definition) is 2. The van der Waals surface area contributed by atoms with Crippen LogP contribution in [0.4, 0.5) is 0 Å². The minimum Gasteiger partial charge on any atom is -0.497 e. The molecule has 0 aliphatic heterocycles. The number of carbonyl (C=O) groups is 1. The van der Waals surface area contributed by atoms with E-state index in [-0.39, 0.29) is 0 Å². The first kappa shape index (κ1) is 14.3. The van der Waals surface area contributed by atoms with Gasteiger partial charge < -0.3 is 9.53 Å². The summed E-state index contributed by atoms with van der Waals surface area (Å²) in [6.07, 6.45) is 3.55. The summed E-state index contributed by atoms with van der Waals surface area (Å²) in [5.74, 6) is 1.18. The molecule has 2 aromatic rings. The third-order valence-corrected chi connectivity index (χ3v) is 3.59. The van der Waals surface area contributed by atoms with Crippen molar-refractivity contribution in [2.24, 2.45) is 0 Å². The fourth-order valence-electron chi connectivity index (χ4n) is 2.40. The van der Waals surface area contributed by atoms with Gasteiger partial charge in [0.2, 0.25) is 0 Å². The summed E-state index contributed by atoms with van der Waals surface area (Å²) in [4.78, 5) is 10.9. The van der Waals surface area contributed by atoms with Crippen molar-refractivity contribution in [1.82, 2.24) is 0 Å². The Morgan fingerprint density at radius 1 is 1.05 bits per heavy atom. The van der Waals surface area contributed by atoms with Crippen LogP contribution in [0.15, 0.2) is 54.6 Å². The number of methoxy groups -OCH3 is 1. The molecule has 2 rings (SSSR count). The summed E-state index contributed by atoms with van der Waals surface area (Å²) >= 11 is 0. The minimum absolute atomic E-state index is 0.302. The molecule has 0 amide bonds. The van der Waals surface area contributed by atoms with Crippen LogP contribution in [0.25, 0.3) is 0 Å². The summed E-state index contributed by atoms with van der Waals surface area (Å²) in [7, 11) is 1.67. The zero-order valence-corrected chi connectivity index (χ0v) is 11.8. The number of carbonyl (C=O) groups excluding carboxylic acids is 1. The molecule has 0 N–H and O–H groups in total. The van der Waals surface area contributed by atoms with E-state index >= 15 is 0 Å². The standard InChI is InChI=1S/C18H20O2/c1-20-18-11-8-15(9-12-18)7-10-17(13-14-19)16-5-3-2-4-6-16/h2-6,8-9,11-12,14,17H,7,10,13H2,1H3. The van der Waals surface area contributed by atoms with Crippen LogP contribution in [0, 0.1) is 0 Å². The first-order valence-electron chi connectivity index (χ1n) is 6.95. The van der Waals surface area contributed by atoms with Crippen molar-refractivity contribution in [2.45, 2.75) is 25.2 Å². The van der Waals surface area contributed by atoms with Gasteiger partial charge in [0.15, 0.2) is 0 Å². The number of aryl methyl sites for hydroxylation is 1. The molecule has 0 saturated carbocycles. The lowest BCUT2D eigenvalue weighted by Crippen LogP contribution is -2.02. The van der Waals surface area contributed by atoms with Crippen molar-refractivity contribution in [1.29, 1.82) is 0 Å². The highest BCUT2D eigenvalue weighted by atomic mass is 16.5. The highest BCUT2D eigenvalue weighted by Crippen LogP contribution is 2.24. The molecule has 104 valence electrons. The number of hydrogen-bond donors (Lipinski definition) is 0. The topological polar surface area (TPSA) is 26.3 Å². The molecule has 2 aromatic carbocycles. The van der Waals surface area contributed by atoms with Gasteiger partial charge in [-0.15, -0.1) is 0 Å². The van der Waals surface area contributed by atoms with Crippen molar-refractivity contribution in [2.75, 3.05) is 7.11 Å². The normalized spacial score (nSPS) is 11.8. The van der Waals surface area contributed by atoms with Crippen LogP contribution < -0.4 is 4.74 Å². The van der Waals surface area contributed by atoms with Crippen molar-refractivity contribution in [3.05, 3.63) is 65.7 Å². The highest BCUT2D eigenvalue weighted by molar-refractivity contribution is 5.51. The molecule has 0 saturated heterocycles. The zero-order chi connectivity index (χ0) is 14.2. The second-order valence-electron chi connectivity index (χ2n) is 4.90. The van der Waals surface area contributed by atoms with Crippen molar-refractivity contribution in [3.8, 4) is 5.75 Å². The Kier molecular flexibility index (Phi) is 5.36. The third kappa shape index (κ3) is 3.95. The van der Waals surface area contributed by atoms with E-state index in [4.69, 9.17) is 4.74 Å². The van der Waals surface area contributed by atoms with Gasteiger partial charge in [0.05, 0.1) is 7.11 Å². The van der Waals surface area contributed by atoms with Crippen LogP contribution in [0.3, 0.4) is 0 Å². The summed E-state index contributed by atoms with van der Waals surface area (Å²) in [5, 5.41) is 0. The van der Waals surface area contributed by atoms with Crippen LogP contribution in [0.5, 0.6) is 5.75 Å². The van der Waals surface area contributed by atoms with Crippen molar-refractivity contribution >= 4 is 6.29 Å². The average molecular weight is 268 g/mol. The smallest absolute Gasteiger partial charge is 0.120 e. The number of ether oxygens (including phenoxy) is 1. The van der Waals surface area contributed by atoms with Crippen LogP contribution in [0.1, 0.15) is 29.9 Å². The van der Waals surface area contributed by atoms with Crippen molar-refractivity contribution in [3.63, 3.8) is 0 Å².